The second-order valence-corrected chi connectivity index (χ2v) is 12.5. The molecule has 1 fully saturated rings. The summed E-state index contributed by atoms with van der Waals surface area (Å²) in [6, 6.07) is 8.29. The second-order valence-electron chi connectivity index (χ2n) is 9.47. The van der Waals surface area contributed by atoms with Crippen LogP contribution >= 0.6 is 11.8 Å². The molecule has 0 radical (unpaired) electrons. The molecule has 0 atom stereocenters. The summed E-state index contributed by atoms with van der Waals surface area (Å²) in [5, 5.41) is 24.6. The lowest BCUT2D eigenvalue weighted by Gasteiger charge is -2.30. The number of ether oxygens (including phenoxy) is 1. The van der Waals surface area contributed by atoms with Gasteiger partial charge in [-0.15, -0.1) is 0 Å². The van der Waals surface area contributed by atoms with Crippen LogP contribution in [0.4, 0.5) is 31.9 Å². The second kappa shape index (κ2) is 12.5. The molecule has 5 rings (SSSR count). The fourth-order valence-electron chi connectivity index (χ4n) is 4.39. The van der Waals surface area contributed by atoms with Gasteiger partial charge in [-0.2, -0.15) is 9.49 Å². The maximum absolute atomic E-state index is 15.3. The van der Waals surface area contributed by atoms with Crippen LogP contribution in [0.5, 0.6) is 5.75 Å². The standard InChI is InChI=1S/C26H26F2N8O5S2/c1-15-12-21(34-33-15)30-24-23(41-2)25(35-10-8-29-9-11-35)32-26(31-24)42-20-7-6-17(13-18(20)27)43(39,40)14-16-4-3-5-19(22(16)28)36(37)38/h3-7,12-13,29H,8-11,14H2,1-2H3,(H2,30,31,32,33,34). The minimum absolute atomic E-state index is 0.0403. The van der Waals surface area contributed by atoms with Crippen molar-refractivity contribution in [2.24, 2.45) is 0 Å². The van der Waals surface area contributed by atoms with Gasteiger partial charge < -0.3 is 20.3 Å². The lowest BCUT2D eigenvalue weighted by atomic mass is 10.2. The molecule has 226 valence electrons. The molecule has 2 aromatic carbocycles. The summed E-state index contributed by atoms with van der Waals surface area (Å²) in [5.41, 5.74) is -0.424. The number of aryl methyl sites for hydroxylation is 1. The molecule has 43 heavy (non-hydrogen) atoms. The first-order valence-corrected chi connectivity index (χ1v) is 15.3. The highest BCUT2D eigenvalue weighted by Crippen LogP contribution is 2.39. The lowest BCUT2D eigenvalue weighted by molar-refractivity contribution is -0.387. The minimum Gasteiger partial charge on any atom is -0.490 e. The summed E-state index contributed by atoms with van der Waals surface area (Å²) >= 11 is 0.879. The maximum atomic E-state index is 15.3. The van der Waals surface area contributed by atoms with Crippen LogP contribution in [0.1, 0.15) is 11.3 Å². The third kappa shape index (κ3) is 6.68. The number of nitrogens with one attached hydrogen (secondary N) is 3. The van der Waals surface area contributed by atoms with Gasteiger partial charge in [-0.3, -0.25) is 15.2 Å². The monoisotopic (exact) mass is 632 g/mol. The molecule has 2 aromatic heterocycles. The van der Waals surface area contributed by atoms with E-state index in [-0.39, 0.29) is 10.1 Å². The van der Waals surface area contributed by atoms with Crippen molar-refractivity contribution in [3.8, 4) is 5.75 Å². The Balaban J connectivity index is 1.45. The molecule has 0 amide bonds. The minimum atomic E-state index is -4.25. The van der Waals surface area contributed by atoms with E-state index in [1.165, 1.54) is 25.3 Å². The molecule has 0 bridgehead atoms. The lowest BCUT2D eigenvalue weighted by Crippen LogP contribution is -2.44. The number of methoxy groups -OCH3 is 1. The van der Waals surface area contributed by atoms with E-state index in [4.69, 9.17) is 4.74 Å². The number of piperazine rings is 1. The molecular formula is C26H26F2N8O5S2. The number of nitro benzene ring substituents is 1. The van der Waals surface area contributed by atoms with Crippen LogP contribution in [0.15, 0.2) is 57.4 Å². The zero-order valence-corrected chi connectivity index (χ0v) is 24.6. The van der Waals surface area contributed by atoms with Crippen LogP contribution < -0.4 is 20.3 Å². The van der Waals surface area contributed by atoms with Gasteiger partial charge in [0.1, 0.15) is 5.82 Å². The molecule has 3 N–H and O–H groups in total. The van der Waals surface area contributed by atoms with Crippen molar-refractivity contribution in [2.75, 3.05) is 43.5 Å². The molecule has 0 spiro atoms. The van der Waals surface area contributed by atoms with E-state index in [2.05, 4.69) is 30.8 Å². The van der Waals surface area contributed by atoms with Gasteiger partial charge in [0.05, 0.1) is 27.6 Å². The van der Waals surface area contributed by atoms with Crippen molar-refractivity contribution < 1.29 is 26.9 Å². The Kier molecular flexibility index (Phi) is 8.74. The van der Waals surface area contributed by atoms with Crippen molar-refractivity contribution in [3.05, 3.63) is 75.5 Å². The number of aromatic amines is 1. The van der Waals surface area contributed by atoms with Gasteiger partial charge in [-0.25, -0.2) is 22.8 Å². The summed E-state index contributed by atoms with van der Waals surface area (Å²) in [5.74, 6) is -1.35. The number of anilines is 3. The van der Waals surface area contributed by atoms with E-state index in [0.29, 0.717) is 36.3 Å². The number of nitrogens with zero attached hydrogens (tertiary/aromatic N) is 5. The van der Waals surface area contributed by atoms with Crippen LogP contribution in [-0.2, 0) is 15.6 Å². The van der Waals surface area contributed by atoms with Crippen molar-refractivity contribution in [1.82, 2.24) is 25.5 Å². The Bertz CT molecular complexity index is 1780. The Hall–Kier alpha value is -4.35. The number of sulfone groups is 1. The topological polar surface area (TPSA) is 168 Å². The fourth-order valence-corrected chi connectivity index (χ4v) is 6.51. The number of hydrogen-bond donors (Lipinski definition) is 3. The summed E-state index contributed by atoms with van der Waals surface area (Å²) in [4.78, 5) is 20.9. The number of aromatic nitrogens is 4. The highest BCUT2D eigenvalue weighted by molar-refractivity contribution is 7.99. The third-order valence-electron chi connectivity index (χ3n) is 6.46. The first kappa shape index (κ1) is 30.1. The van der Waals surface area contributed by atoms with Crippen LogP contribution in [0.25, 0.3) is 0 Å². The smallest absolute Gasteiger partial charge is 0.305 e. The zero-order chi connectivity index (χ0) is 30.7. The van der Waals surface area contributed by atoms with Crippen molar-refractivity contribution in [3.63, 3.8) is 0 Å². The van der Waals surface area contributed by atoms with Crippen LogP contribution in [-0.4, -0.2) is 66.8 Å². The first-order valence-electron chi connectivity index (χ1n) is 12.9. The van der Waals surface area contributed by atoms with Crippen LogP contribution in [0.3, 0.4) is 0 Å². The van der Waals surface area contributed by atoms with Gasteiger partial charge >= 0.3 is 5.69 Å². The summed E-state index contributed by atoms with van der Waals surface area (Å²) in [6.07, 6.45) is 0. The van der Waals surface area contributed by atoms with E-state index < -0.39 is 48.3 Å². The molecule has 3 heterocycles. The Morgan fingerprint density at radius 1 is 1.16 bits per heavy atom. The number of halogens is 2. The van der Waals surface area contributed by atoms with Crippen LogP contribution in [0, 0.1) is 28.7 Å². The average molecular weight is 633 g/mol. The van der Waals surface area contributed by atoms with E-state index in [1.807, 2.05) is 11.8 Å². The summed E-state index contributed by atoms with van der Waals surface area (Å²) < 4.78 is 61.5. The predicted molar refractivity (Wildman–Crippen MR) is 155 cm³/mol. The Morgan fingerprint density at radius 3 is 2.58 bits per heavy atom. The van der Waals surface area contributed by atoms with E-state index in [1.54, 1.807) is 6.07 Å². The molecule has 1 saturated heterocycles. The highest BCUT2D eigenvalue weighted by Gasteiger charge is 2.26. The Labute approximate surface area is 249 Å². The van der Waals surface area contributed by atoms with Gasteiger partial charge in [0.2, 0.25) is 11.6 Å². The van der Waals surface area contributed by atoms with E-state index in [0.717, 1.165) is 48.7 Å². The number of nitro groups is 1. The largest absolute Gasteiger partial charge is 0.490 e. The van der Waals surface area contributed by atoms with Gasteiger partial charge in [-0.1, -0.05) is 12.1 Å². The van der Waals surface area contributed by atoms with Gasteiger partial charge in [0.15, 0.2) is 32.4 Å². The van der Waals surface area contributed by atoms with Gasteiger partial charge in [-0.05, 0) is 36.9 Å². The number of hydrogen-bond acceptors (Lipinski definition) is 12. The normalized spacial score (nSPS) is 13.6. The highest BCUT2D eigenvalue weighted by atomic mass is 32.2. The molecule has 0 saturated carbocycles. The van der Waals surface area contributed by atoms with E-state index in [9.17, 15) is 22.9 Å². The quantitative estimate of drug-likeness (QED) is 0.131. The number of H-pyrrole nitrogens is 1. The first-order chi connectivity index (χ1) is 20.6. The summed E-state index contributed by atoms with van der Waals surface area (Å²) in [6.45, 7) is 4.58. The molecule has 1 aliphatic rings. The number of benzene rings is 2. The van der Waals surface area contributed by atoms with Crippen LogP contribution in [0.2, 0.25) is 0 Å². The zero-order valence-electron chi connectivity index (χ0n) is 22.9. The summed E-state index contributed by atoms with van der Waals surface area (Å²) in [7, 11) is -2.76. The van der Waals surface area contributed by atoms with Gasteiger partial charge in [0.25, 0.3) is 0 Å². The molecule has 17 heteroatoms. The van der Waals surface area contributed by atoms with Crippen molar-refractivity contribution in [2.45, 2.75) is 27.6 Å². The molecular weight excluding hydrogens is 606 g/mol. The third-order valence-corrected chi connectivity index (χ3v) is 9.04. The molecule has 4 aromatic rings. The van der Waals surface area contributed by atoms with E-state index >= 15 is 4.39 Å². The van der Waals surface area contributed by atoms with Gasteiger partial charge in [0, 0.05) is 49.6 Å². The van der Waals surface area contributed by atoms with Crippen molar-refractivity contribution in [1.29, 1.82) is 0 Å². The van der Waals surface area contributed by atoms with Crippen molar-refractivity contribution >= 4 is 44.7 Å². The average Bonchev–Trinajstić information content (AvgIpc) is 3.39. The molecule has 0 unspecified atom stereocenters. The maximum Gasteiger partial charge on any atom is 0.305 e. The molecule has 1 aliphatic heterocycles. The molecule has 13 nitrogen and oxygen atoms in total. The number of rotatable bonds is 10. The SMILES string of the molecule is COc1c(Nc2cc(C)[nH]n2)nc(Sc2ccc(S(=O)(=O)Cc3cccc([N+](=O)[O-])c3F)cc2F)nc1N1CCNCC1. The molecule has 0 aliphatic carbocycles. The predicted octanol–water partition coefficient (Wildman–Crippen LogP) is 3.98. The Morgan fingerprint density at radius 2 is 1.93 bits per heavy atom. The fraction of sp³-hybridized carbons (Fsp3) is 0.269.